The first-order chi connectivity index (χ1) is 15.6. The minimum absolute atomic E-state index is 0.0366. The van der Waals surface area contributed by atoms with Gasteiger partial charge in [0, 0.05) is 42.1 Å². The molecule has 3 unspecified atom stereocenters. The first-order valence-electron chi connectivity index (χ1n) is 12.4. The Kier molecular flexibility index (Phi) is 6.13. The molecule has 5 nitrogen and oxygen atoms in total. The quantitative estimate of drug-likeness (QED) is 0.428. The summed E-state index contributed by atoms with van der Waals surface area (Å²) in [6.45, 7) is 8.67. The molecule has 1 aliphatic heterocycles. The highest BCUT2D eigenvalue weighted by atomic mass is 16.5. The molecule has 2 aromatic rings. The zero-order valence-electron chi connectivity index (χ0n) is 19.2. The van der Waals surface area contributed by atoms with Crippen molar-refractivity contribution in [1.82, 2.24) is 9.47 Å². The molecule has 1 saturated carbocycles. The lowest BCUT2D eigenvalue weighted by Gasteiger charge is -2.46. The van der Waals surface area contributed by atoms with Crippen LogP contribution in [0.3, 0.4) is 0 Å². The first kappa shape index (κ1) is 21.7. The molecule has 0 radical (unpaired) electrons. The Balaban J connectivity index is 1.40. The summed E-state index contributed by atoms with van der Waals surface area (Å²) in [5.41, 5.74) is 4.10. The molecule has 1 aromatic heterocycles. The molecule has 2 heterocycles. The number of rotatable bonds is 5. The standard InChI is InChI=1S/C27H36N2O3/c1-3-13-29-16-18-15-25-23(22-9-6-10-24(29)26(18)22)14-19(17-28(25)4-2)27(31)32-21-8-5-7-20(30)11-12-21/h3,6,9-10,16,19-21,23,25,30H,1,4-5,7-8,11-15,17H2,2H3/t19-,20?,21?,23?,25-/m1/s1. The molecule has 3 aliphatic rings. The number of hydrogen-bond donors (Lipinski definition) is 1. The number of esters is 1. The molecule has 5 atom stereocenters. The number of carbonyl (C=O) groups is 1. The largest absolute Gasteiger partial charge is 0.462 e. The third-order valence-corrected chi connectivity index (χ3v) is 8.01. The minimum atomic E-state index is -0.241. The molecule has 172 valence electrons. The molecule has 2 aliphatic carbocycles. The zero-order chi connectivity index (χ0) is 22.2. The SMILES string of the molecule is C=CCn1cc2c3c(cccc31)C1C[C@@H](C(=O)OC3CCCC(O)CC3)CN(CC)[C@@H]1C2. The van der Waals surface area contributed by atoms with Crippen molar-refractivity contribution in [2.45, 2.75) is 82.6 Å². The van der Waals surface area contributed by atoms with E-state index >= 15 is 0 Å². The maximum Gasteiger partial charge on any atom is 0.310 e. The van der Waals surface area contributed by atoms with E-state index in [1.165, 1.54) is 22.0 Å². The van der Waals surface area contributed by atoms with Gasteiger partial charge in [-0.15, -0.1) is 6.58 Å². The molecule has 2 fully saturated rings. The molecule has 5 heteroatoms. The van der Waals surface area contributed by atoms with Crippen LogP contribution in [0, 0.1) is 5.92 Å². The third-order valence-electron chi connectivity index (χ3n) is 8.01. The molecule has 0 spiro atoms. The summed E-state index contributed by atoms with van der Waals surface area (Å²) in [4.78, 5) is 15.8. The summed E-state index contributed by atoms with van der Waals surface area (Å²) < 4.78 is 8.33. The van der Waals surface area contributed by atoms with Gasteiger partial charge in [0.25, 0.3) is 0 Å². The molecule has 1 aromatic carbocycles. The fraction of sp³-hybridized carbons (Fsp3) is 0.593. The predicted molar refractivity (Wildman–Crippen MR) is 127 cm³/mol. The van der Waals surface area contributed by atoms with E-state index in [2.05, 4.69) is 47.4 Å². The number of carbonyl (C=O) groups excluding carboxylic acids is 1. The number of ether oxygens (including phenoxy) is 1. The van der Waals surface area contributed by atoms with Crippen LogP contribution in [0.4, 0.5) is 0 Å². The average Bonchev–Trinajstić information content (AvgIpc) is 3.01. The van der Waals surface area contributed by atoms with Crippen molar-refractivity contribution in [1.29, 1.82) is 0 Å². The summed E-state index contributed by atoms with van der Waals surface area (Å²) >= 11 is 0. The van der Waals surface area contributed by atoms with E-state index in [-0.39, 0.29) is 24.1 Å². The summed E-state index contributed by atoms with van der Waals surface area (Å²) in [6.07, 6.45) is 10.0. The van der Waals surface area contributed by atoms with E-state index in [1.807, 2.05) is 6.08 Å². The van der Waals surface area contributed by atoms with E-state index < -0.39 is 0 Å². The highest BCUT2D eigenvalue weighted by Gasteiger charge is 2.43. The molecule has 1 N–H and O–H groups in total. The van der Waals surface area contributed by atoms with Gasteiger partial charge < -0.3 is 14.4 Å². The van der Waals surface area contributed by atoms with Gasteiger partial charge in [0.1, 0.15) is 6.10 Å². The van der Waals surface area contributed by atoms with Gasteiger partial charge >= 0.3 is 5.97 Å². The Labute approximate surface area is 191 Å². The van der Waals surface area contributed by atoms with Crippen LogP contribution in [0.1, 0.15) is 62.5 Å². The highest BCUT2D eigenvalue weighted by Crippen LogP contribution is 2.45. The van der Waals surface area contributed by atoms with Gasteiger partial charge in [0.2, 0.25) is 0 Å². The van der Waals surface area contributed by atoms with Gasteiger partial charge in [0.05, 0.1) is 12.0 Å². The van der Waals surface area contributed by atoms with E-state index in [0.29, 0.717) is 12.0 Å². The van der Waals surface area contributed by atoms with Crippen molar-refractivity contribution in [2.24, 2.45) is 5.92 Å². The Hall–Kier alpha value is -2.11. The van der Waals surface area contributed by atoms with Crippen molar-refractivity contribution in [3.05, 3.63) is 48.2 Å². The topological polar surface area (TPSA) is 54.7 Å². The Morgan fingerprint density at radius 1 is 1.28 bits per heavy atom. The second-order valence-electron chi connectivity index (χ2n) is 9.96. The maximum atomic E-state index is 13.2. The first-order valence-corrected chi connectivity index (χ1v) is 12.4. The van der Waals surface area contributed by atoms with Crippen LogP contribution < -0.4 is 0 Å². The summed E-state index contributed by atoms with van der Waals surface area (Å²) in [7, 11) is 0. The molecule has 0 bridgehead atoms. The van der Waals surface area contributed by atoms with Crippen LogP contribution in [0.15, 0.2) is 37.1 Å². The maximum absolute atomic E-state index is 13.2. The normalized spacial score (nSPS) is 30.5. The van der Waals surface area contributed by atoms with Crippen molar-refractivity contribution in [3.8, 4) is 0 Å². The second-order valence-corrected chi connectivity index (χ2v) is 9.96. The molecule has 5 rings (SSSR count). The summed E-state index contributed by atoms with van der Waals surface area (Å²) in [6, 6.07) is 7.08. The number of aliphatic hydroxyl groups is 1. The number of aliphatic hydroxyl groups excluding tert-OH is 1. The number of nitrogens with zero attached hydrogens (tertiary/aromatic N) is 2. The van der Waals surface area contributed by atoms with Gasteiger partial charge in [0.15, 0.2) is 0 Å². The van der Waals surface area contributed by atoms with E-state index in [0.717, 1.165) is 64.6 Å². The number of fused-ring (bicyclic) bond motifs is 2. The van der Waals surface area contributed by atoms with Crippen molar-refractivity contribution < 1.29 is 14.6 Å². The lowest BCUT2D eigenvalue weighted by Crippen LogP contribution is -2.51. The average molecular weight is 437 g/mol. The van der Waals surface area contributed by atoms with Crippen LogP contribution >= 0.6 is 0 Å². The number of piperidine rings is 1. The molecule has 32 heavy (non-hydrogen) atoms. The molecule has 0 amide bonds. The minimum Gasteiger partial charge on any atom is -0.462 e. The smallest absolute Gasteiger partial charge is 0.310 e. The highest BCUT2D eigenvalue weighted by molar-refractivity contribution is 5.89. The molecule has 1 saturated heterocycles. The number of hydrogen-bond acceptors (Lipinski definition) is 4. The fourth-order valence-electron chi connectivity index (χ4n) is 6.43. The lowest BCUT2D eigenvalue weighted by atomic mass is 9.72. The molecular formula is C27H36N2O3. The van der Waals surface area contributed by atoms with Crippen molar-refractivity contribution in [3.63, 3.8) is 0 Å². The van der Waals surface area contributed by atoms with Crippen LogP contribution in [-0.2, 0) is 22.5 Å². The number of allylic oxidation sites excluding steroid dienone is 1. The van der Waals surface area contributed by atoms with Crippen molar-refractivity contribution in [2.75, 3.05) is 13.1 Å². The lowest BCUT2D eigenvalue weighted by molar-refractivity contribution is -0.157. The van der Waals surface area contributed by atoms with Gasteiger partial charge in [-0.2, -0.15) is 0 Å². The Morgan fingerprint density at radius 2 is 2.16 bits per heavy atom. The Bertz CT molecular complexity index is 996. The summed E-state index contributed by atoms with van der Waals surface area (Å²) in [5, 5.41) is 11.3. The van der Waals surface area contributed by atoms with E-state index in [1.54, 1.807) is 0 Å². The Morgan fingerprint density at radius 3 is 2.97 bits per heavy atom. The second kappa shape index (κ2) is 9.03. The van der Waals surface area contributed by atoms with Gasteiger partial charge in [-0.3, -0.25) is 9.69 Å². The van der Waals surface area contributed by atoms with Crippen LogP contribution in [0.5, 0.6) is 0 Å². The van der Waals surface area contributed by atoms with Gasteiger partial charge in [-0.1, -0.05) is 25.1 Å². The predicted octanol–water partition coefficient (Wildman–Crippen LogP) is 4.41. The van der Waals surface area contributed by atoms with E-state index in [9.17, 15) is 9.90 Å². The third kappa shape index (κ3) is 3.90. The van der Waals surface area contributed by atoms with Gasteiger partial charge in [-0.25, -0.2) is 0 Å². The van der Waals surface area contributed by atoms with Crippen LogP contribution in [0.25, 0.3) is 10.9 Å². The van der Waals surface area contributed by atoms with Crippen molar-refractivity contribution >= 4 is 16.9 Å². The summed E-state index contributed by atoms with van der Waals surface area (Å²) in [5.74, 6) is 0.231. The van der Waals surface area contributed by atoms with E-state index in [4.69, 9.17) is 4.74 Å². The monoisotopic (exact) mass is 436 g/mol. The number of aromatic nitrogens is 1. The fourth-order valence-corrected chi connectivity index (χ4v) is 6.43. The van der Waals surface area contributed by atoms with Crippen LogP contribution in [0.2, 0.25) is 0 Å². The molecular weight excluding hydrogens is 400 g/mol. The number of likely N-dealkylation sites (tertiary alicyclic amines) is 1. The number of likely N-dealkylation sites (N-methyl/N-ethyl adjacent to an activating group) is 1. The van der Waals surface area contributed by atoms with Gasteiger partial charge in [-0.05, 0) is 68.7 Å². The number of benzene rings is 1. The van der Waals surface area contributed by atoms with Crippen LogP contribution in [-0.4, -0.2) is 51.9 Å². The zero-order valence-corrected chi connectivity index (χ0v) is 19.2.